The van der Waals surface area contributed by atoms with Crippen LogP contribution < -0.4 is 5.32 Å². The topological polar surface area (TPSA) is 55.4 Å². The second-order valence-corrected chi connectivity index (χ2v) is 8.46. The van der Waals surface area contributed by atoms with Crippen LogP contribution in [0.15, 0.2) is 48.5 Å². The van der Waals surface area contributed by atoms with E-state index in [1.165, 1.54) is 36.8 Å². The Kier molecular flexibility index (Phi) is 6.21. The van der Waals surface area contributed by atoms with Crippen molar-refractivity contribution in [1.29, 1.82) is 0 Å². The molecule has 1 fully saturated rings. The SMILES string of the molecule is C[C@@H](OC(=O)c1ccc(C2SCCS2)cc1)C(=O)Nc1ccc(F)cc1. The van der Waals surface area contributed by atoms with Gasteiger partial charge in [0.1, 0.15) is 5.82 Å². The van der Waals surface area contributed by atoms with Crippen LogP contribution in [-0.4, -0.2) is 29.5 Å². The molecule has 0 saturated carbocycles. The van der Waals surface area contributed by atoms with Gasteiger partial charge in [0.05, 0.1) is 10.1 Å². The Morgan fingerprint density at radius 2 is 1.69 bits per heavy atom. The summed E-state index contributed by atoms with van der Waals surface area (Å²) in [5.41, 5.74) is 2.02. The fraction of sp³-hybridized carbons (Fsp3) is 0.263. The lowest BCUT2D eigenvalue weighted by molar-refractivity contribution is -0.123. The Morgan fingerprint density at radius 1 is 1.08 bits per heavy atom. The molecule has 1 heterocycles. The van der Waals surface area contributed by atoms with E-state index in [-0.39, 0.29) is 5.82 Å². The van der Waals surface area contributed by atoms with Gasteiger partial charge in [-0.05, 0) is 48.9 Å². The Labute approximate surface area is 159 Å². The van der Waals surface area contributed by atoms with E-state index in [4.69, 9.17) is 4.74 Å². The largest absolute Gasteiger partial charge is 0.449 e. The molecule has 1 aliphatic heterocycles. The van der Waals surface area contributed by atoms with Crippen LogP contribution >= 0.6 is 23.5 Å². The fourth-order valence-electron chi connectivity index (χ4n) is 2.39. The van der Waals surface area contributed by atoms with Gasteiger partial charge in [-0.3, -0.25) is 4.79 Å². The van der Waals surface area contributed by atoms with E-state index >= 15 is 0 Å². The number of anilines is 1. The summed E-state index contributed by atoms with van der Waals surface area (Å²) in [6.45, 7) is 1.50. The van der Waals surface area contributed by atoms with Gasteiger partial charge in [-0.25, -0.2) is 9.18 Å². The molecule has 1 saturated heterocycles. The second-order valence-electron chi connectivity index (χ2n) is 5.74. The zero-order valence-electron chi connectivity index (χ0n) is 14.1. The summed E-state index contributed by atoms with van der Waals surface area (Å²) in [7, 11) is 0. The quantitative estimate of drug-likeness (QED) is 0.761. The second kappa shape index (κ2) is 8.60. The monoisotopic (exact) mass is 391 g/mol. The minimum Gasteiger partial charge on any atom is -0.449 e. The molecule has 0 aliphatic carbocycles. The minimum absolute atomic E-state index is 0.389. The van der Waals surface area contributed by atoms with Gasteiger partial charge in [0.15, 0.2) is 6.10 Å². The van der Waals surface area contributed by atoms with E-state index < -0.39 is 18.0 Å². The van der Waals surface area contributed by atoms with E-state index in [1.807, 2.05) is 35.7 Å². The highest BCUT2D eigenvalue weighted by Crippen LogP contribution is 2.45. The van der Waals surface area contributed by atoms with Crippen molar-refractivity contribution in [2.75, 3.05) is 16.8 Å². The molecule has 4 nitrogen and oxygen atoms in total. The lowest BCUT2D eigenvalue weighted by Crippen LogP contribution is -2.30. The smallest absolute Gasteiger partial charge is 0.338 e. The van der Waals surface area contributed by atoms with Crippen LogP contribution in [0.25, 0.3) is 0 Å². The maximum Gasteiger partial charge on any atom is 0.338 e. The number of esters is 1. The van der Waals surface area contributed by atoms with Crippen molar-refractivity contribution >= 4 is 41.1 Å². The highest BCUT2D eigenvalue weighted by molar-refractivity contribution is 8.19. The van der Waals surface area contributed by atoms with Crippen molar-refractivity contribution in [1.82, 2.24) is 0 Å². The van der Waals surface area contributed by atoms with Gasteiger partial charge in [-0.1, -0.05) is 12.1 Å². The van der Waals surface area contributed by atoms with Gasteiger partial charge >= 0.3 is 5.97 Å². The Bertz CT molecular complexity index is 774. The number of hydrogen-bond acceptors (Lipinski definition) is 5. The first-order valence-electron chi connectivity index (χ1n) is 8.13. The average Bonchev–Trinajstić information content (AvgIpc) is 3.18. The average molecular weight is 391 g/mol. The highest BCUT2D eigenvalue weighted by atomic mass is 32.2. The van der Waals surface area contributed by atoms with Crippen LogP contribution in [0.5, 0.6) is 0 Å². The number of halogens is 1. The Morgan fingerprint density at radius 3 is 2.31 bits per heavy atom. The number of carbonyl (C=O) groups is 2. The summed E-state index contributed by atoms with van der Waals surface area (Å²) < 4.78 is 18.5. The van der Waals surface area contributed by atoms with Crippen molar-refractivity contribution in [2.24, 2.45) is 0 Å². The molecule has 136 valence electrons. The maximum atomic E-state index is 12.9. The molecule has 0 bridgehead atoms. The lowest BCUT2D eigenvalue weighted by Gasteiger charge is -2.14. The third kappa shape index (κ3) is 4.80. The van der Waals surface area contributed by atoms with Crippen molar-refractivity contribution < 1.29 is 18.7 Å². The molecule has 0 spiro atoms. The van der Waals surface area contributed by atoms with Gasteiger partial charge in [0, 0.05) is 17.2 Å². The van der Waals surface area contributed by atoms with Gasteiger partial charge in [0.25, 0.3) is 5.91 Å². The molecule has 0 radical (unpaired) electrons. The molecule has 2 aromatic carbocycles. The number of amides is 1. The summed E-state index contributed by atoms with van der Waals surface area (Å²) in [4.78, 5) is 24.3. The van der Waals surface area contributed by atoms with Crippen molar-refractivity contribution in [3.8, 4) is 0 Å². The molecule has 0 unspecified atom stereocenters. The van der Waals surface area contributed by atoms with Gasteiger partial charge in [-0.2, -0.15) is 0 Å². The van der Waals surface area contributed by atoms with Crippen LogP contribution in [0.3, 0.4) is 0 Å². The van der Waals surface area contributed by atoms with Crippen LogP contribution in [0.4, 0.5) is 10.1 Å². The molecule has 0 aromatic heterocycles. The number of carbonyl (C=O) groups excluding carboxylic acids is 2. The molecule has 3 rings (SSSR count). The molecule has 1 amide bonds. The summed E-state index contributed by atoms with van der Waals surface area (Å²) in [5, 5.41) is 2.58. The molecular formula is C19H18FNO3S2. The number of ether oxygens (including phenoxy) is 1. The van der Waals surface area contributed by atoms with Crippen LogP contribution in [0, 0.1) is 5.82 Å². The summed E-state index contributed by atoms with van der Waals surface area (Å²) in [6, 6.07) is 12.7. The standard InChI is InChI=1S/C19H18FNO3S2/c1-12(17(22)21-16-8-6-15(20)7-9-16)24-18(23)13-2-4-14(5-3-13)19-25-10-11-26-19/h2-9,12,19H,10-11H2,1H3,(H,21,22)/t12-/m1/s1. The third-order valence-electron chi connectivity index (χ3n) is 3.81. The van der Waals surface area contributed by atoms with E-state index in [9.17, 15) is 14.0 Å². The third-order valence-corrected chi connectivity index (χ3v) is 6.91. The molecule has 1 N–H and O–H groups in total. The van der Waals surface area contributed by atoms with Crippen LogP contribution in [-0.2, 0) is 9.53 Å². The first-order chi connectivity index (χ1) is 12.5. The fourth-order valence-corrected chi connectivity index (χ4v) is 5.25. The number of rotatable bonds is 5. The van der Waals surface area contributed by atoms with Crippen LogP contribution in [0.1, 0.15) is 27.4 Å². The first-order valence-corrected chi connectivity index (χ1v) is 10.2. The Balaban J connectivity index is 1.56. The van der Waals surface area contributed by atoms with Gasteiger partial charge in [-0.15, -0.1) is 23.5 Å². The lowest BCUT2D eigenvalue weighted by atomic mass is 10.1. The minimum atomic E-state index is -0.965. The van der Waals surface area contributed by atoms with Crippen LogP contribution in [0.2, 0.25) is 0 Å². The molecule has 26 heavy (non-hydrogen) atoms. The maximum absolute atomic E-state index is 12.9. The van der Waals surface area contributed by atoms with Gasteiger partial charge in [0.2, 0.25) is 0 Å². The predicted octanol–water partition coefficient (Wildman–Crippen LogP) is 4.49. The summed E-state index contributed by atoms with van der Waals surface area (Å²) in [5.74, 6) is 0.866. The van der Waals surface area contributed by atoms with Crippen molar-refractivity contribution in [3.63, 3.8) is 0 Å². The molecule has 7 heteroatoms. The molecule has 1 aliphatic rings. The van der Waals surface area contributed by atoms with Crippen molar-refractivity contribution in [3.05, 3.63) is 65.5 Å². The summed E-state index contributed by atoms with van der Waals surface area (Å²) in [6.07, 6.45) is -0.965. The summed E-state index contributed by atoms with van der Waals surface area (Å²) >= 11 is 3.79. The van der Waals surface area contributed by atoms with E-state index in [1.54, 1.807) is 12.1 Å². The Hall–Kier alpha value is -1.99. The molecule has 1 atom stereocenters. The zero-order chi connectivity index (χ0) is 18.5. The zero-order valence-corrected chi connectivity index (χ0v) is 15.7. The van der Waals surface area contributed by atoms with E-state index in [0.29, 0.717) is 15.8 Å². The number of hydrogen-bond donors (Lipinski definition) is 1. The van der Waals surface area contributed by atoms with E-state index in [0.717, 1.165) is 11.5 Å². The normalized spacial score (nSPS) is 15.5. The number of benzene rings is 2. The number of thioether (sulfide) groups is 2. The molecule has 2 aromatic rings. The van der Waals surface area contributed by atoms with E-state index in [2.05, 4.69) is 5.32 Å². The van der Waals surface area contributed by atoms with Crippen molar-refractivity contribution in [2.45, 2.75) is 17.6 Å². The first kappa shape index (κ1) is 18.8. The van der Waals surface area contributed by atoms with Gasteiger partial charge < -0.3 is 10.1 Å². The molecular weight excluding hydrogens is 373 g/mol. The predicted molar refractivity (Wildman–Crippen MR) is 104 cm³/mol. The number of nitrogens with one attached hydrogen (secondary N) is 1. The highest BCUT2D eigenvalue weighted by Gasteiger charge is 2.21.